The Morgan fingerprint density at radius 1 is 1.20 bits per heavy atom. The number of rotatable bonds is 2. The summed E-state index contributed by atoms with van der Waals surface area (Å²) in [6.07, 6.45) is 0. The fraction of sp³-hybridized carbons (Fsp3) is 0.500. The van der Waals surface area contributed by atoms with Crippen LogP contribution >= 0.6 is 11.6 Å². The van der Waals surface area contributed by atoms with E-state index >= 15 is 0 Å². The summed E-state index contributed by atoms with van der Waals surface area (Å²) in [7, 11) is 0. The molecule has 1 aliphatic rings. The molecule has 1 heterocycles. The van der Waals surface area contributed by atoms with Crippen molar-refractivity contribution in [1.82, 2.24) is 4.90 Å². The summed E-state index contributed by atoms with van der Waals surface area (Å²) in [5, 5.41) is 0.799. The largest absolute Gasteiger partial charge is 0.379 e. The molecule has 1 aliphatic heterocycles. The first kappa shape index (κ1) is 10.9. The SMILES string of the molecule is CC(c1ccc(Cl)cc1)N1CCOCC1. The van der Waals surface area contributed by atoms with Gasteiger partial charge in [0.25, 0.3) is 0 Å². The number of morpholine rings is 1. The molecule has 1 atom stereocenters. The van der Waals surface area contributed by atoms with Crippen molar-refractivity contribution < 1.29 is 4.74 Å². The summed E-state index contributed by atoms with van der Waals surface area (Å²) in [4.78, 5) is 2.44. The van der Waals surface area contributed by atoms with Crippen LogP contribution in [0.2, 0.25) is 5.02 Å². The van der Waals surface area contributed by atoms with Gasteiger partial charge < -0.3 is 4.74 Å². The predicted octanol–water partition coefficient (Wildman–Crippen LogP) is 2.73. The number of ether oxygens (including phenoxy) is 1. The van der Waals surface area contributed by atoms with Crippen molar-refractivity contribution in [1.29, 1.82) is 0 Å². The Labute approximate surface area is 95.8 Å². The van der Waals surface area contributed by atoms with E-state index in [4.69, 9.17) is 16.3 Å². The van der Waals surface area contributed by atoms with Crippen LogP contribution in [0.15, 0.2) is 24.3 Å². The maximum Gasteiger partial charge on any atom is 0.0594 e. The van der Waals surface area contributed by atoms with E-state index in [2.05, 4.69) is 24.0 Å². The molecule has 1 saturated heterocycles. The lowest BCUT2D eigenvalue weighted by molar-refractivity contribution is 0.0198. The van der Waals surface area contributed by atoms with Gasteiger partial charge in [-0.15, -0.1) is 0 Å². The van der Waals surface area contributed by atoms with E-state index in [0.29, 0.717) is 6.04 Å². The maximum atomic E-state index is 5.87. The quantitative estimate of drug-likeness (QED) is 0.768. The summed E-state index contributed by atoms with van der Waals surface area (Å²) in [6.45, 7) is 5.96. The van der Waals surface area contributed by atoms with Gasteiger partial charge in [0, 0.05) is 24.2 Å². The molecule has 15 heavy (non-hydrogen) atoms. The van der Waals surface area contributed by atoms with Crippen LogP contribution in [-0.4, -0.2) is 31.2 Å². The second kappa shape index (κ2) is 4.97. The number of halogens is 1. The van der Waals surface area contributed by atoms with Gasteiger partial charge in [-0.1, -0.05) is 23.7 Å². The topological polar surface area (TPSA) is 12.5 Å². The molecule has 2 nitrogen and oxygen atoms in total. The highest BCUT2D eigenvalue weighted by Gasteiger charge is 2.17. The van der Waals surface area contributed by atoms with Crippen LogP contribution in [0.25, 0.3) is 0 Å². The van der Waals surface area contributed by atoms with E-state index in [1.54, 1.807) is 0 Å². The molecule has 1 unspecified atom stereocenters. The van der Waals surface area contributed by atoms with Crippen molar-refractivity contribution in [3.8, 4) is 0 Å². The standard InChI is InChI=1S/C12H16ClNO/c1-10(14-6-8-15-9-7-14)11-2-4-12(13)5-3-11/h2-5,10H,6-9H2,1H3. The Morgan fingerprint density at radius 3 is 2.40 bits per heavy atom. The molecule has 0 spiro atoms. The average molecular weight is 226 g/mol. The molecule has 0 aliphatic carbocycles. The first-order valence-electron chi connectivity index (χ1n) is 5.34. The van der Waals surface area contributed by atoms with Gasteiger partial charge in [0.15, 0.2) is 0 Å². The van der Waals surface area contributed by atoms with Crippen molar-refractivity contribution in [2.24, 2.45) is 0 Å². The van der Waals surface area contributed by atoms with Gasteiger partial charge in [0.1, 0.15) is 0 Å². The van der Waals surface area contributed by atoms with Crippen molar-refractivity contribution in [3.05, 3.63) is 34.9 Å². The maximum absolute atomic E-state index is 5.87. The van der Waals surface area contributed by atoms with Crippen LogP contribution in [0.1, 0.15) is 18.5 Å². The van der Waals surface area contributed by atoms with Gasteiger partial charge in [0.2, 0.25) is 0 Å². The van der Waals surface area contributed by atoms with Crippen molar-refractivity contribution in [2.45, 2.75) is 13.0 Å². The van der Waals surface area contributed by atoms with Gasteiger partial charge in [-0.25, -0.2) is 0 Å². The molecule has 1 fully saturated rings. The molecule has 0 saturated carbocycles. The summed E-state index contributed by atoms with van der Waals surface area (Å²) < 4.78 is 5.34. The fourth-order valence-electron chi connectivity index (χ4n) is 1.92. The predicted molar refractivity (Wildman–Crippen MR) is 62.3 cm³/mol. The van der Waals surface area contributed by atoms with Crippen LogP contribution in [0.3, 0.4) is 0 Å². The van der Waals surface area contributed by atoms with E-state index in [1.807, 2.05) is 12.1 Å². The minimum Gasteiger partial charge on any atom is -0.379 e. The van der Waals surface area contributed by atoms with E-state index in [-0.39, 0.29) is 0 Å². The Kier molecular flexibility index (Phi) is 3.62. The second-order valence-electron chi connectivity index (χ2n) is 3.88. The molecule has 1 aromatic rings. The average Bonchev–Trinajstić information content (AvgIpc) is 2.30. The molecule has 0 amide bonds. The molecule has 0 bridgehead atoms. The minimum atomic E-state index is 0.450. The Hall–Kier alpha value is -0.570. The fourth-order valence-corrected chi connectivity index (χ4v) is 2.04. The monoisotopic (exact) mass is 225 g/mol. The van der Waals surface area contributed by atoms with E-state index in [1.165, 1.54) is 5.56 Å². The lowest BCUT2D eigenvalue weighted by atomic mass is 10.1. The van der Waals surface area contributed by atoms with Crippen molar-refractivity contribution >= 4 is 11.6 Å². The molecular weight excluding hydrogens is 210 g/mol. The number of nitrogens with zero attached hydrogens (tertiary/aromatic N) is 1. The van der Waals surface area contributed by atoms with Crippen LogP contribution < -0.4 is 0 Å². The van der Waals surface area contributed by atoms with Crippen molar-refractivity contribution in [2.75, 3.05) is 26.3 Å². The Bertz CT molecular complexity index is 306. The summed E-state index contributed by atoms with van der Waals surface area (Å²) in [5.41, 5.74) is 1.32. The van der Waals surface area contributed by atoms with Crippen molar-refractivity contribution in [3.63, 3.8) is 0 Å². The zero-order valence-electron chi connectivity index (χ0n) is 8.95. The minimum absolute atomic E-state index is 0.450. The Morgan fingerprint density at radius 2 is 1.80 bits per heavy atom. The lowest BCUT2D eigenvalue weighted by Gasteiger charge is -2.32. The zero-order chi connectivity index (χ0) is 10.7. The number of hydrogen-bond acceptors (Lipinski definition) is 2. The van der Waals surface area contributed by atoms with Gasteiger partial charge in [-0.3, -0.25) is 4.90 Å². The third-order valence-corrected chi connectivity index (χ3v) is 3.20. The van der Waals surface area contributed by atoms with Gasteiger partial charge in [-0.2, -0.15) is 0 Å². The van der Waals surface area contributed by atoms with Crippen LogP contribution in [0, 0.1) is 0 Å². The van der Waals surface area contributed by atoms with Crippen LogP contribution in [0.4, 0.5) is 0 Å². The molecule has 2 rings (SSSR count). The molecule has 82 valence electrons. The highest BCUT2D eigenvalue weighted by Crippen LogP contribution is 2.22. The van der Waals surface area contributed by atoms with E-state index < -0.39 is 0 Å². The van der Waals surface area contributed by atoms with E-state index in [9.17, 15) is 0 Å². The van der Waals surface area contributed by atoms with Crippen LogP contribution in [0.5, 0.6) is 0 Å². The summed E-state index contributed by atoms with van der Waals surface area (Å²) >= 11 is 5.87. The first-order valence-corrected chi connectivity index (χ1v) is 5.72. The zero-order valence-corrected chi connectivity index (χ0v) is 9.70. The van der Waals surface area contributed by atoms with Gasteiger partial charge in [-0.05, 0) is 24.6 Å². The summed E-state index contributed by atoms with van der Waals surface area (Å²) in [5.74, 6) is 0. The molecule has 1 aromatic carbocycles. The highest BCUT2D eigenvalue weighted by atomic mass is 35.5. The van der Waals surface area contributed by atoms with Gasteiger partial charge >= 0.3 is 0 Å². The molecular formula is C12H16ClNO. The molecule has 0 N–H and O–H groups in total. The summed E-state index contributed by atoms with van der Waals surface area (Å²) in [6, 6.07) is 8.55. The lowest BCUT2D eigenvalue weighted by Crippen LogP contribution is -2.37. The normalized spacial score (nSPS) is 20.1. The van der Waals surface area contributed by atoms with E-state index in [0.717, 1.165) is 31.3 Å². The highest BCUT2D eigenvalue weighted by molar-refractivity contribution is 6.30. The molecule has 0 aromatic heterocycles. The third kappa shape index (κ3) is 2.71. The molecule has 0 radical (unpaired) electrons. The Balaban J connectivity index is 2.05. The number of benzene rings is 1. The van der Waals surface area contributed by atoms with Gasteiger partial charge in [0.05, 0.1) is 13.2 Å². The molecule has 3 heteroatoms. The van der Waals surface area contributed by atoms with Crippen LogP contribution in [-0.2, 0) is 4.74 Å². The number of hydrogen-bond donors (Lipinski definition) is 0. The second-order valence-corrected chi connectivity index (χ2v) is 4.31. The first-order chi connectivity index (χ1) is 7.27. The third-order valence-electron chi connectivity index (χ3n) is 2.95. The smallest absolute Gasteiger partial charge is 0.0594 e.